The molecule has 11 heavy (non-hydrogen) atoms. The second-order valence-electron chi connectivity index (χ2n) is 2.79. The molecular formula is C9H12N2. The maximum absolute atomic E-state index is 3.30. The first-order valence-corrected chi connectivity index (χ1v) is 3.96. The van der Waals surface area contributed by atoms with Gasteiger partial charge in [-0.15, -0.1) is 0 Å². The molecule has 0 fully saturated rings. The van der Waals surface area contributed by atoms with Gasteiger partial charge in [0.1, 0.15) is 0 Å². The summed E-state index contributed by atoms with van der Waals surface area (Å²) in [4.78, 5) is 0. The van der Waals surface area contributed by atoms with E-state index in [0.717, 1.165) is 19.6 Å². The summed E-state index contributed by atoms with van der Waals surface area (Å²) in [7, 11) is 0. The summed E-state index contributed by atoms with van der Waals surface area (Å²) in [5.74, 6) is 0. The van der Waals surface area contributed by atoms with Crippen molar-refractivity contribution in [2.75, 3.05) is 13.2 Å². The molecule has 0 amide bonds. The number of hydrogen-bond acceptors (Lipinski definition) is 2. The van der Waals surface area contributed by atoms with Gasteiger partial charge in [0.2, 0.25) is 0 Å². The molecule has 0 bridgehead atoms. The summed E-state index contributed by atoms with van der Waals surface area (Å²) in [5, 5.41) is 6.58. The molecule has 0 saturated carbocycles. The van der Waals surface area contributed by atoms with Crippen molar-refractivity contribution in [3.05, 3.63) is 35.6 Å². The van der Waals surface area contributed by atoms with Gasteiger partial charge in [-0.2, -0.15) is 0 Å². The van der Waals surface area contributed by atoms with Crippen molar-refractivity contribution < 1.29 is 0 Å². The van der Waals surface area contributed by atoms with E-state index in [1.165, 1.54) is 11.3 Å². The molecule has 58 valence electrons. The topological polar surface area (TPSA) is 24.1 Å². The molecule has 1 aliphatic carbocycles. The van der Waals surface area contributed by atoms with Crippen molar-refractivity contribution in [1.29, 1.82) is 0 Å². The molecule has 1 heterocycles. The zero-order valence-electron chi connectivity index (χ0n) is 6.43. The molecule has 0 atom stereocenters. The average Bonchev–Trinajstić information content (AvgIpc) is 2.28. The van der Waals surface area contributed by atoms with Crippen LogP contribution >= 0.6 is 0 Å². The smallest absolute Gasteiger partial charge is 0.0655 e. The zero-order chi connectivity index (χ0) is 7.52. The second kappa shape index (κ2) is 2.93. The summed E-state index contributed by atoms with van der Waals surface area (Å²) in [6, 6.07) is 0. The van der Waals surface area contributed by atoms with Crippen molar-refractivity contribution in [2.45, 2.75) is 6.42 Å². The predicted octanol–water partition coefficient (Wildman–Crippen LogP) is 0.907. The molecule has 2 rings (SSSR count). The van der Waals surface area contributed by atoms with Crippen LogP contribution in [0, 0.1) is 0 Å². The summed E-state index contributed by atoms with van der Waals surface area (Å²) in [6.07, 6.45) is 9.58. The van der Waals surface area contributed by atoms with E-state index >= 15 is 0 Å². The van der Waals surface area contributed by atoms with Crippen molar-refractivity contribution >= 4 is 0 Å². The van der Waals surface area contributed by atoms with Gasteiger partial charge in [-0.3, -0.25) is 5.32 Å². The zero-order valence-corrected chi connectivity index (χ0v) is 6.43. The van der Waals surface area contributed by atoms with Crippen LogP contribution in [0.2, 0.25) is 0 Å². The minimum absolute atomic E-state index is 0.892. The van der Waals surface area contributed by atoms with Crippen molar-refractivity contribution in [1.82, 2.24) is 10.6 Å². The highest BCUT2D eigenvalue weighted by Crippen LogP contribution is 2.13. The lowest BCUT2D eigenvalue weighted by atomic mass is 10.1. The highest BCUT2D eigenvalue weighted by Gasteiger charge is 2.08. The van der Waals surface area contributed by atoms with Gasteiger partial charge >= 0.3 is 0 Å². The van der Waals surface area contributed by atoms with Gasteiger partial charge in [0, 0.05) is 12.2 Å². The van der Waals surface area contributed by atoms with Crippen LogP contribution in [-0.4, -0.2) is 13.2 Å². The van der Waals surface area contributed by atoms with Crippen LogP contribution in [0.25, 0.3) is 0 Å². The van der Waals surface area contributed by atoms with E-state index in [1.807, 2.05) is 0 Å². The third-order valence-corrected chi connectivity index (χ3v) is 2.00. The highest BCUT2D eigenvalue weighted by atomic mass is 15.1. The molecular weight excluding hydrogens is 136 g/mol. The van der Waals surface area contributed by atoms with Crippen molar-refractivity contribution in [2.24, 2.45) is 0 Å². The molecule has 2 nitrogen and oxygen atoms in total. The van der Waals surface area contributed by atoms with Gasteiger partial charge < -0.3 is 5.32 Å². The van der Waals surface area contributed by atoms with Crippen LogP contribution < -0.4 is 10.6 Å². The first-order valence-electron chi connectivity index (χ1n) is 3.96. The Morgan fingerprint density at radius 1 is 1.27 bits per heavy atom. The fourth-order valence-electron chi connectivity index (χ4n) is 1.39. The maximum Gasteiger partial charge on any atom is 0.0655 e. The Morgan fingerprint density at radius 2 is 2.27 bits per heavy atom. The summed E-state index contributed by atoms with van der Waals surface area (Å²) in [5.41, 5.74) is 2.76. The molecule has 0 spiro atoms. The van der Waals surface area contributed by atoms with Gasteiger partial charge in [-0.05, 0) is 18.1 Å². The summed E-state index contributed by atoms with van der Waals surface area (Å²) < 4.78 is 0. The first kappa shape index (κ1) is 6.68. The maximum atomic E-state index is 3.30. The van der Waals surface area contributed by atoms with Crippen LogP contribution in [0.1, 0.15) is 6.42 Å². The van der Waals surface area contributed by atoms with Gasteiger partial charge in [-0.25, -0.2) is 0 Å². The van der Waals surface area contributed by atoms with Crippen LogP contribution in [0.5, 0.6) is 0 Å². The fourth-order valence-corrected chi connectivity index (χ4v) is 1.39. The largest absolute Gasteiger partial charge is 0.372 e. The van der Waals surface area contributed by atoms with Crippen LogP contribution in [0.3, 0.4) is 0 Å². The van der Waals surface area contributed by atoms with E-state index in [9.17, 15) is 0 Å². The van der Waals surface area contributed by atoms with E-state index in [1.54, 1.807) is 0 Å². The minimum atomic E-state index is 0.892. The number of allylic oxidation sites excluding steroid dienone is 4. The van der Waals surface area contributed by atoms with Crippen LogP contribution in [0.4, 0.5) is 0 Å². The monoisotopic (exact) mass is 148 g/mol. The Balaban J connectivity index is 2.26. The molecule has 0 aromatic rings. The first-order chi connectivity index (χ1) is 5.47. The third kappa shape index (κ3) is 1.35. The standard InChI is InChI=1S/C9H12N2/c1-2-4-8-6-10-7-11-9(8)5-3-1/h1-3,5,10-11H,4,6-7H2. The Bertz CT molecular complexity index is 236. The van der Waals surface area contributed by atoms with E-state index in [2.05, 4.69) is 34.9 Å². The summed E-state index contributed by atoms with van der Waals surface area (Å²) in [6.45, 7) is 1.92. The Labute approximate surface area is 66.7 Å². The van der Waals surface area contributed by atoms with E-state index in [4.69, 9.17) is 0 Å². The van der Waals surface area contributed by atoms with Crippen molar-refractivity contribution in [3.63, 3.8) is 0 Å². The molecule has 0 aromatic carbocycles. The van der Waals surface area contributed by atoms with E-state index in [-0.39, 0.29) is 0 Å². The van der Waals surface area contributed by atoms with Gasteiger partial charge in [0.25, 0.3) is 0 Å². The Morgan fingerprint density at radius 3 is 3.27 bits per heavy atom. The normalized spacial score (nSPS) is 22.5. The number of nitrogens with one attached hydrogen (secondary N) is 2. The molecule has 2 heteroatoms. The van der Waals surface area contributed by atoms with E-state index < -0.39 is 0 Å². The third-order valence-electron chi connectivity index (χ3n) is 2.00. The van der Waals surface area contributed by atoms with E-state index in [0.29, 0.717) is 0 Å². The Hall–Kier alpha value is -1.02. The summed E-state index contributed by atoms with van der Waals surface area (Å²) >= 11 is 0. The molecule has 1 aliphatic heterocycles. The lowest BCUT2D eigenvalue weighted by Crippen LogP contribution is -2.35. The highest BCUT2D eigenvalue weighted by molar-refractivity contribution is 5.33. The SMILES string of the molecule is C1=CCC2=C(C=C1)NCNC2. The quantitative estimate of drug-likeness (QED) is 0.533. The average molecular weight is 148 g/mol. The Kier molecular flexibility index (Phi) is 1.78. The van der Waals surface area contributed by atoms with Crippen molar-refractivity contribution in [3.8, 4) is 0 Å². The van der Waals surface area contributed by atoms with Gasteiger partial charge in [0.15, 0.2) is 0 Å². The van der Waals surface area contributed by atoms with Crippen LogP contribution in [0.15, 0.2) is 35.6 Å². The fraction of sp³-hybridized carbons (Fsp3) is 0.333. The lowest BCUT2D eigenvalue weighted by molar-refractivity contribution is 0.620. The number of rotatable bonds is 0. The molecule has 2 N–H and O–H groups in total. The molecule has 0 aromatic heterocycles. The molecule has 2 aliphatic rings. The van der Waals surface area contributed by atoms with Gasteiger partial charge in [0.05, 0.1) is 6.67 Å². The lowest BCUT2D eigenvalue weighted by Gasteiger charge is -2.19. The molecule has 0 saturated heterocycles. The minimum Gasteiger partial charge on any atom is -0.372 e. The second-order valence-corrected chi connectivity index (χ2v) is 2.79. The predicted molar refractivity (Wildman–Crippen MR) is 45.9 cm³/mol. The number of hydrogen-bond donors (Lipinski definition) is 2. The molecule has 0 radical (unpaired) electrons. The molecule has 0 unspecified atom stereocenters. The van der Waals surface area contributed by atoms with Crippen LogP contribution in [-0.2, 0) is 0 Å². The van der Waals surface area contributed by atoms with Gasteiger partial charge in [-0.1, -0.05) is 18.2 Å².